The molecule has 0 saturated heterocycles. The predicted molar refractivity (Wildman–Crippen MR) is 81.6 cm³/mol. The number of anilines is 1. The molecule has 0 heterocycles. The number of halogens is 1. The van der Waals surface area contributed by atoms with Crippen molar-refractivity contribution >= 4 is 37.4 Å². The summed E-state index contributed by atoms with van der Waals surface area (Å²) in [6, 6.07) is 13.1. The Morgan fingerprint density at radius 1 is 1.05 bits per heavy atom. The van der Waals surface area contributed by atoms with Gasteiger partial charge in [0.15, 0.2) is 9.84 Å². The molecule has 104 valence electrons. The number of hydrogen-bond donors (Lipinski definition) is 1. The van der Waals surface area contributed by atoms with E-state index in [1.165, 1.54) is 6.07 Å². The molecule has 1 N–H and O–H groups in total. The van der Waals surface area contributed by atoms with Crippen LogP contribution in [0.5, 0.6) is 0 Å². The predicted octanol–water partition coefficient (Wildman–Crippen LogP) is 3.10. The van der Waals surface area contributed by atoms with Gasteiger partial charge in [0, 0.05) is 16.3 Å². The molecule has 0 spiro atoms. The van der Waals surface area contributed by atoms with Gasteiger partial charge in [-0.15, -0.1) is 0 Å². The molecule has 0 fully saturated rings. The van der Waals surface area contributed by atoms with Crippen LogP contribution >= 0.6 is 15.9 Å². The van der Waals surface area contributed by atoms with E-state index in [9.17, 15) is 13.2 Å². The van der Waals surface area contributed by atoms with Crippen molar-refractivity contribution in [2.45, 2.75) is 4.90 Å². The first kappa shape index (κ1) is 14.7. The largest absolute Gasteiger partial charge is 0.321 e. The Balaban J connectivity index is 2.31. The molecular formula is C14H12BrNO3S. The highest BCUT2D eigenvalue weighted by Crippen LogP contribution is 2.21. The van der Waals surface area contributed by atoms with E-state index in [0.717, 1.165) is 10.7 Å². The van der Waals surface area contributed by atoms with Gasteiger partial charge in [0.1, 0.15) is 0 Å². The fourth-order valence-corrected chi connectivity index (χ4v) is 2.80. The first-order chi connectivity index (χ1) is 9.38. The van der Waals surface area contributed by atoms with E-state index in [1.54, 1.807) is 42.5 Å². The maximum Gasteiger partial charge on any atom is 0.255 e. The molecule has 0 bridgehead atoms. The second-order valence-electron chi connectivity index (χ2n) is 4.23. The number of hydrogen-bond acceptors (Lipinski definition) is 3. The van der Waals surface area contributed by atoms with Gasteiger partial charge in [0.2, 0.25) is 0 Å². The number of carbonyl (C=O) groups excluding carboxylic acids is 1. The zero-order chi connectivity index (χ0) is 14.8. The van der Waals surface area contributed by atoms with Crippen LogP contribution in [0, 0.1) is 0 Å². The summed E-state index contributed by atoms with van der Waals surface area (Å²) in [5.41, 5.74) is 0.736. The third kappa shape index (κ3) is 3.46. The lowest BCUT2D eigenvalue weighted by molar-refractivity contribution is 0.102. The summed E-state index contributed by atoms with van der Waals surface area (Å²) in [7, 11) is -3.39. The summed E-state index contributed by atoms with van der Waals surface area (Å²) in [6.45, 7) is 0. The Morgan fingerprint density at radius 3 is 2.25 bits per heavy atom. The third-order valence-corrected chi connectivity index (χ3v) is 4.32. The van der Waals surface area contributed by atoms with Crippen LogP contribution in [0.1, 0.15) is 10.4 Å². The molecule has 2 rings (SSSR count). The number of rotatable bonds is 3. The highest BCUT2D eigenvalue weighted by Gasteiger charge is 2.15. The number of para-hydroxylation sites is 1. The van der Waals surface area contributed by atoms with Crippen molar-refractivity contribution in [3.63, 3.8) is 0 Å². The van der Waals surface area contributed by atoms with Gasteiger partial charge in [0.25, 0.3) is 5.91 Å². The van der Waals surface area contributed by atoms with Crippen LogP contribution in [0.25, 0.3) is 0 Å². The van der Waals surface area contributed by atoms with Crippen molar-refractivity contribution in [3.05, 3.63) is 58.6 Å². The molecule has 0 radical (unpaired) electrons. The molecule has 0 aromatic heterocycles. The SMILES string of the molecule is CS(=O)(=O)c1ccccc1NC(=O)c1ccc(Br)cc1. The highest BCUT2D eigenvalue weighted by atomic mass is 79.9. The summed E-state index contributed by atoms with van der Waals surface area (Å²) in [4.78, 5) is 12.2. The highest BCUT2D eigenvalue weighted by molar-refractivity contribution is 9.10. The number of benzene rings is 2. The number of carbonyl (C=O) groups is 1. The van der Waals surface area contributed by atoms with E-state index < -0.39 is 9.84 Å². The van der Waals surface area contributed by atoms with Crippen LogP contribution in [0.15, 0.2) is 57.9 Å². The van der Waals surface area contributed by atoms with E-state index in [-0.39, 0.29) is 16.5 Å². The topological polar surface area (TPSA) is 63.2 Å². The standard InChI is InChI=1S/C14H12BrNO3S/c1-20(18,19)13-5-3-2-4-12(13)16-14(17)10-6-8-11(15)9-7-10/h2-9H,1H3,(H,16,17). The van der Waals surface area contributed by atoms with Gasteiger partial charge >= 0.3 is 0 Å². The van der Waals surface area contributed by atoms with E-state index in [2.05, 4.69) is 21.2 Å². The van der Waals surface area contributed by atoms with Crippen LogP contribution in [0.2, 0.25) is 0 Å². The maximum atomic E-state index is 12.1. The zero-order valence-corrected chi connectivity index (χ0v) is 13.0. The average Bonchev–Trinajstić information content (AvgIpc) is 2.38. The van der Waals surface area contributed by atoms with Gasteiger partial charge in [-0.3, -0.25) is 4.79 Å². The Kier molecular flexibility index (Phi) is 4.25. The summed E-state index contributed by atoms with van der Waals surface area (Å²) >= 11 is 3.29. The quantitative estimate of drug-likeness (QED) is 0.921. The molecule has 0 unspecified atom stereocenters. The Morgan fingerprint density at radius 2 is 1.65 bits per heavy atom. The monoisotopic (exact) mass is 353 g/mol. The minimum Gasteiger partial charge on any atom is -0.321 e. The van der Waals surface area contributed by atoms with Crippen molar-refractivity contribution in [2.75, 3.05) is 11.6 Å². The lowest BCUT2D eigenvalue weighted by Gasteiger charge is -2.09. The van der Waals surface area contributed by atoms with Gasteiger partial charge in [-0.25, -0.2) is 8.42 Å². The molecule has 20 heavy (non-hydrogen) atoms. The lowest BCUT2D eigenvalue weighted by atomic mass is 10.2. The van der Waals surface area contributed by atoms with Gasteiger partial charge in [-0.05, 0) is 36.4 Å². The van der Waals surface area contributed by atoms with Gasteiger partial charge in [-0.1, -0.05) is 28.1 Å². The Labute approximate surface area is 125 Å². The first-order valence-electron chi connectivity index (χ1n) is 5.74. The maximum absolute atomic E-state index is 12.1. The molecule has 2 aromatic rings. The van der Waals surface area contributed by atoms with Crippen molar-refractivity contribution in [3.8, 4) is 0 Å². The van der Waals surface area contributed by atoms with Crippen molar-refractivity contribution in [1.29, 1.82) is 0 Å². The van der Waals surface area contributed by atoms with Crippen molar-refractivity contribution in [1.82, 2.24) is 0 Å². The lowest BCUT2D eigenvalue weighted by Crippen LogP contribution is -2.14. The van der Waals surface area contributed by atoms with Gasteiger partial charge in [-0.2, -0.15) is 0 Å². The molecule has 2 aromatic carbocycles. The molecule has 0 atom stereocenters. The average molecular weight is 354 g/mol. The normalized spacial score (nSPS) is 11.1. The fourth-order valence-electron chi connectivity index (χ4n) is 1.69. The summed E-state index contributed by atoms with van der Waals surface area (Å²) in [5.74, 6) is -0.353. The minimum atomic E-state index is -3.39. The zero-order valence-electron chi connectivity index (χ0n) is 10.6. The first-order valence-corrected chi connectivity index (χ1v) is 8.42. The molecule has 0 saturated carbocycles. The van der Waals surface area contributed by atoms with Gasteiger partial charge < -0.3 is 5.32 Å². The second-order valence-corrected chi connectivity index (χ2v) is 7.13. The molecule has 1 amide bonds. The van der Waals surface area contributed by atoms with E-state index >= 15 is 0 Å². The van der Waals surface area contributed by atoms with E-state index in [1.807, 2.05) is 0 Å². The Bertz CT molecular complexity index is 739. The van der Waals surface area contributed by atoms with Crippen LogP contribution in [0.4, 0.5) is 5.69 Å². The summed E-state index contributed by atoms with van der Waals surface area (Å²) in [6.07, 6.45) is 1.11. The Hall–Kier alpha value is -1.66. The molecule has 6 heteroatoms. The van der Waals surface area contributed by atoms with Crippen LogP contribution in [-0.4, -0.2) is 20.6 Å². The van der Waals surface area contributed by atoms with Crippen molar-refractivity contribution < 1.29 is 13.2 Å². The number of amides is 1. The second kappa shape index (κ2) is 5.76. The smallest absolute Gasteiger partial charge is 0.255 e. The molecule has 0 aliphatic rings. The molecule has 4 nitrogen and oxygen atoms in total. The molecule has 0 aliphatic carbocycles. The number of sulfone groups is 1. The third-order valence-electron chi connectivity index (χ3n) is 2.64. The van der Waals surface area contributed by atoms with Crippen LogP contribution in [0.3, 0.4) is 0 Å². The summed E-state index contributed by atoms with van der Waals surface area (Å²) < 4.78 is 24.2. The van der Waals surface area contributed by atoms with Gasteiger partial charge in [0.05, 0.1) is 10.6 Å². The van der Waals surface area contributed by atoms with E-state index in [0.29, 0.717) is 5.56 Å². The molecule has 0 aliphatic heterocycles. The fraction of sp³-hybridized carbons (Fsp3) is 0.0714. The summed E-state index contributed by atoms with van der Waals surface area (Å²) in [5, 5.41) is 2.62. The minimum absolute atomic E-state index is 0.102. The number of nitrogens with one attached hydrogen (secondary N) is 1. The van der Waals surface area contributed by atoms with E-state index in [4.69, 9.17) is 0 Å². The van der Waals surface area contributed by atoms with Crippen molar-refractivity contribution in [2.24, 2.45) is 0 Å². The van der Waals surface area contributed by atoms with Crippen LogP contribution < -0.4 is 5.32 Å². The van der Waals surface area contributed by atoms with Crippen LogP contribution in [-0.2, 0) is 9.84 Å². The molecular weight excluding hydrogens is 342 g/mol.